The second-order valence-electron chi connectivity index (χ2n) is 8.11. The summed E-state index contributed by atoms with van der Waals surface area (Å²) in [6.45, 7) is 10.8. The maximum atomic E-state index is 12.5. The number of carbonyl (C=O) groups excluding carboxylic acids is 1. The average Bonchev–Trinajstić information content (AvgIpc) is 2.90. The molecule has 2 heterocycles. The lowest BCUT2D eigenvalue weighted by atomic mass is 9.87. The van der Waals surface area contributed by atoms with Crippen molar-refractivity contribution in [2.75, 3.05) is 26.2 Å². The van der Waals surface area contributed by atoms with E-state index in [0.717, 1.165) is 25.9 Å². The summed E-state index contributed by atoms with van der Waals surface area (Å²) in [7, 11) is 0. The Morgan fingerprint density at radius 1 is 1.19 bits per heavy atom. The zero-order valence-corrected chi connectivity index (χ0v) is 14.1. The van der Waals surface area contributed by atoms with Crippen LogP contribution in [-0.4, -0.2) is 54.0 Å². The molecule has 2 atom stereocenters. The van der Waals surface area contributed by atoms with E-state index in [1.807, 2.05) is 0 Å². The molecule has 0 aromatic heterocycles. The van der Waals surface area contributed by atoms with Gasteiger partial charge in [-0.15, -0.1) is 0 Å². The Morgan fingerprint density at radius 2 is 1.86 bits per heavy atom. The Hall–Kier alpha value is -0.610. The first-order valence-corrected chi connectivity index (χ1v) is 8.62. The van der Waals surface area contributed by atoms with Crippen LogP contribution in [0.2, 0.25) is 0 Å². The van der Waals surface area contributed by atoms with Crippen LogP contribution in [-0.2, 0) is 4.79 Å². The largest absolute Gasteiger partial charge is 0.341 e. The Kier molecular flexibility index (Phi) is 5.67. The van der Waals surface area contributed by atoms with Crippen molar-refractivity contribution in [3.63, 3.8) is 0 Å². The van der Waals surface area contributed by atoms with Gasteiger partial charge in [-0.3, -0.25) is 9.69 Å². The Labute approximate surface area is 130 Å². The molecule has 0 bridgehead atoms. The molecule has 0 aliphatic carbocycles. The van der Waals surface area contributed by atoms with Gasteiger partial charge in [-0.1, -0.05) is 20.8 Å². The minimum absolute atomic E-state index is 0.00957. The van der Waals surface area contributed by atoms with E-state index >= 15 is 0 Å². The van der Waals surface area contributed by atoms with Crippen molar-refractivity contribution in [2.45, 2.75) is 71.4 Å². The molecule has 0 aromatic carbocycles. The molecule has 2 aliphatic rings. The van der Waals surface area contributed by atoms with E-state index in [9.17, 15) is 4.79 Å². The topological polar surface area (TPSA) is 49.6 Å². The molecule has 2 aliphatic heterocycles. The van der Waals surface area contributed by atoms with Gasteiger partial charge in [0.05, 0.1) is 0 Å². The number of piperidine rings is 1. The van der Waals surface area contributed by atoms with E-state index in [1.165, 1.54) is 32.4 Å². The maximum Gasteiger partial charge on any atom is 0.224 e. The van der Waals surface area contributed by atoms with Crippen LogP contribution >= 0.6 is 0 Å². The summed E-state index contributed by atoms with van der Waals surface area (Å²) in [5.74, 6) is 0.260. The number of carbonyl (C=O) groups is 1. The van der Waals surface area contributed by atoms with E-state index in [-0.39, 0.29) is 17.4 Å². The van der Waals surface area contributed by atoms with Crippen LogP contribution in [0, 0.1) is 5.41 Å². The lowest BCUT2D eigenvalue weighted by molar-refractivity contribution is -0.133. The Bertz CT molecular complexity index is 344. The molecule has 2 unspecified atom stereocenters. The molecule has 1 amide bonds. The van der Waals surface area contributed by atoms with Crippen LogP contribution < -0.4 is 5.73 Å². The standard InChI is InChI=1S/C17H33N3O/c1-17(2,3)12-14(18)11-16(21)20-10-6-7-15(13-20)19-8-4-5-9-19/h14-15H,4-13,18H2,1-3H3. The molecular weight excluding hydrogens is 262 g/mol. The number of rotatable bonds is 4. The highest BCUT2D eigenvalue weighted by atomic mass is 16.2. The first-order chi connectivity index (χ1) is 9.85. The number of hydrogen-bond donors (Lipinski definition) is 1. The van der Waals surface area contributed by atoms with Crippen LogP contribution in [0.5, 0.6) is 0 Å². The van der Waals surface area contributed by atoms with Crippen molar-refractivity contribution in [3.05, 3.63) is 0 Å². The number of amides is 1. The molecule has 2 fully saturated rings. The molecule has 4 heteroatoms. The molecule has 2 N–H and O–H groups in total. The average molecular weight is 295 g/mol. The summed E-state index contributed by atoms with van der Waals surface area (Å²) in [5.41, 5.74) is 6.36. The Morgan fingerprint density at radius 3 is 2.48 bits per heavy atom. The number of nitrogens with two attached hydrogens (primary N) is 1. The lowest BCUT2D eigenvalue weighted by Crippen LogP contribution is -2.50. The highest BCUT2D eigenvalue weighted by Crippen LogP contribution is 2.23. The van der Waals surface area contributed by atoms with Gasteiger partial charge in [-0.2, -0.15) is 0 Å². The van der Waals surface area contributed by atoms with Gasteiger partial charge in [0.2, 0.25) is 5.91 Å². The molecule has 2 rings (SSSR count). The highest BCUT2D eigenvalue weighted by Gasteiger charge is 2.30. The molecule has 0 spiro atoms. The summed E-state index contributed by atoms with van der Waals surface area (Å²) in [4.78, 5) is 17.1. The van der Waals surface area contributed by atoms with Crippen LogP contribution in [0.15, 0.2) is 0 Å². The van der Waals surface area contributed by atoms with E-state index < -0.39 is 0 Å². The summed E-state index contributed by atoms with van der Waals surface area (Å²) in [6, 6.07) is 0.578. The third-order valence-corrected chi connectivity index (χ3v) is 4.72. The van der Waals surface area contributed by atoms with Gasteiger partial charge in [0.1, 0.15) is 0 Å². The molecule has 4 nitrogen and oxygen atoms in total. The molecule has 2 saturated heterocycles. The predicted octanol–water partition coefficient (Wildman–Crippen LogP) is 2.23. The predicted molar refractivity (Wildman–Crippen MR) is 87.1 cm³/mol. The third kappa shape index (κ3) is 5.26. The highest BCUT2D eigenvalue weighted by molar-refractivity contribution is 5.77. The number of hydrogen-bond acceptors (Lipinski definition) is 3. The third-order valence-electron chi connectivity index (χ3n) is 4.72. The fourth-order valence-corrected chi connectivity index (χ4v) is 3.80. The minimum atomic E-state index is -0.00957. The van der Waals surface area contributed by atoms with Crippen molar-refractivity contribution < 1.29 is 4.79 Å². The minimum Gasteiger partial charge on any atom is -0.341 e. The second-order valence-corrected chi connectivity index (χ2v) is 8.11. The lowest BCUT2D eigenvalue weighted by Gasteiger charge is -2.38. The smallest absolute Gasteiger partial charge is 0.224 e. The molecular formula is C17H33N3O. The summed E-state index contributed by atoms with van der Waals surface area (Å²) in [5, 5.41) is 0. The maximum absolute atomic E-state index is 12.5. The summed E-state index contributed by atoms with van der Waals surface area (Å²) >= 11 is 0. The molecule has 0 aromatic rings. The fraction of sp³-hybridized carbons (Fsp3) is 0.941. The van der Waals surface area contributed by atoms with Gasteiger partial charge in [0, 0.05) is 31.6 Å². The second kappa shape index (κ2) is 7.10. The fourth-order valence-electron chi connectivity index (χ4n) is 3.80. The first-order valence-electron chi connectivity index (χ1n) is 8.62. The first kappa shape index (κ1) is 16.8. The molecule has 0 saturated carbocycles. The van der Waals surface area contributed by atoms with E-state index in [1.54, 1.807) is 0 Å². The van der Waals surface area contributed by atoms with Crippen LogP contribution in [0.3, 0.4) is 0 Å². The zero-order chi connectivity index (χ0) is 15.5. The van der Waals surface area contributed by atoms with Crippen LogP contribution in [0.25, 0.3) is 0 Å². The van der Waals surface area contributed by atoms with Crippen molar-refractivity contribution in [1.82, 2.24) is 9.80 Å². The van der Waals surface area contributed by atoms with Gasteiger partial charge in [0.15, 0.2) is 0 Å². The van der Waals surface area contributed by atoms with Crippen molar-refractivity contribution in [2.24, 2.45) is 11.1 Å². The van der Waals surface area contributed by atoms with Gasteiger partial charge in [-0.05, 0) is 50.6 Å². The molecule has 21 heavy (non-hydrogen) atoms. The van der Waals surface area contributed by atoms with E-state index in [4.69, 9.17) is 5.73 Å². The SMILES string of the molecule is CC(C)(C)CC(N)CC(=O)N1CCCC(N2CCCC2)C1. The van der Waals surface area contributed by atoms with E-state index in [2.05, 4.69) is 30.6 Å². The molecule has 0 radical (unpaired) electrons. The summed E-state index contributed by atoms with van der Waals surface area (Å²) in [6.07, 6.45) is 6.44. The number of nitrogens with zero attached hydrogens (tertiary/aromatic N) is 2. The number of likely N-dealkylation sites (tertiary alicyclic amines) is 2. The van der Waals surface area contributed by atoms with Gasteiger partial charge in [-0.25, -0.2) is 0 Å². The van der Waals surface area contributed by atoms with Crippen LogP contribution in [0.4, 0.5) is 0 Å². The van der Waals surface area contributed by atoms with Crippen molar-refractivity contribution in [1.29, 1.82) is 0 Å². The quantitative estimate of drug-likeness (QED) is 0.865. The monoisotopic (exact) mass is 295 g/mol. The summed E-state index contributed by atoms with van der Waals surface area (Å²) < 4.78 is 0. The van der Waals surface area contributed by atoms with Gasteiger partial charge < -0.3 is 10.6 Å². The zero-order valence-electron chi connectivity index (χ0n) is 14.1. The van der Waals surface area contributed by atoms with Crippen molar-refractivity contribution in [3.8, 4) is 0 Å². The van der Waals surface area contributed by atoms with Gasteiger partial charge >= 0.3 is 0 Å². The van der Waals surface area contributed by atoms with Crippen LogP contribution in [0.1, 0.15) is 59.3 Å². The molecule has 122 valence electrons. The Balaban J connectivity index is 1.81. The van der Waals surface area contributed by atoms with Crippen molar-refractivity contribution >= 4 is 5.91 Å². The normalized spacial score (nSPS) is 26.1. The van der Waals surface area contributed by atoms with Gasteiger partial charge in [0.25, 0.3) is 0 Å². The van der Waals surface area contributed by atoms with E-state index in [0.29, 0.717) is 12.5 Å².